The van der Waals surface area contributed by atoms with Crippen LogP contribution >= 0.6 is 0 Å². The minimum Gasteiger partial charge on any atom is -0.383 e. The van der Waals surface area contributed by atoms with Gasteiger partial charge in [0, 0.05) is 24.4 Å². The first-order valence-corrected chi connectivity index (χ1v) is 9.34. The van der Waals surface area contributed by atoms with E-state index in [-0.39, 0.29) is 18.4 Å². The number of aromatic nitrogens is 1. The Kier molecular flexibility index (Phi) is 4.43. The minimum absolute atomic E-state index is 0.212. The van der Waals surface area contributed by atoms with Gasteiger partial charge in [-0.05, 0) is 25.0 Å². The monoisotopic (exact) mass is 377 g/mol. The van der Waals surface area contributed by atoms with Crippen molar-refractivity contribution in [1.82, 2.24) is 9.88 Å². The number of para-hydroxylation sites is 1. The Labute approximate surface area is 163 Å². The number of hydrogen-bond acceptors (Lipinski definition) is 3. The number of aryl methyl sites for hydroxylation is 1. The average molecular weight is 377 g/mol. The third kappa shape index (κ3) is 3.16. The summed E-state index contributed by atoms with van der Waals surface area (Å²) in [6.45, 7) is 4.07. The summed E-state index contributed by atoms with van der Waals surface area (Å²) in [5, 5.41) is 14.7. The van der Waals surface area contributed by atoms with E-state index in [1.165, 1.54) is 6.92 Å². The van der Waals surface area contributed by atoms with E-state index in [1.54, 1.807) is 4.90 Å². The summed E-state index contributed by atoms with van der Waals surface area (Å²) in [6.07, 6.45) is 0.470. The number of nitrogens with zero attached hydrogens (tertiary/aromatic N) is 1. The Morgan fingerprint density at radius 3 is 2.57 bits per heavy atom. The summed E-state index contributed by atoms with van der Waals surface area (Å²) in [5.74, 6) is -0.473. The van der Waals surface area contributed by atoms with Gasteiger partial charge in [0.2, 0.25) is 5.91 Å². The van der Waals surface area contributed by atoms with Crippen LogP contribution in [0.2, 0.25) is 0 Å². The molecular weight excluding hydrogens is 354 g/mol. The molecule has 144 valence electrons. The van der Waals surface area contributed by atoms with Crippen LogP contribution in [0.3, 0.4) is 0 Å². The van der Waals surface area contributed by atoms with Crippen LogP contribution in [-0.4, -0.2) is 39.9 Å². The minimum atomic E-state index is -1.07. The van der Waals surface area contributed by atoms with Gasteiger partial charge in [0.05, 0.1) is 12.2 Å². The third-order valence-electron chi connectivity index (χ3n) is 5.34. The predicted molar refractivity (Wildman–Crippen MR) is 108 cm³/mol. The summed E-state index contributed by atoms with van der Waals surface area (Å²) in [7, 11) is 0. The predicted octanol–water partition coefficient (Wildman–Crippen LogP) is 3.17. The number of likely N-dealkylation sites (tertiary alicyclic amines) is 1. The fourth-order valence-corrected chi connectivity index (χ4v) is 3.83. The van der Waals surface area contributed by atoms with E-state index in [0.717, 1.165) is 22.0 Å². The topological polar surface area (TPSA) is 85.4 Å². The van der Waals surface area contributed by atoms with E-state index in [2.05, 4.69) is 10.3 Å². The lowest BCUT2D eigenvalue weighted by molar-refractivity contribution is -0.114. The highest BCUT2D eigenvalue weighted by Gasteiger charge is 2.40. The number of carbonyl (C=O) groups is 2. The van der Waals surface area contributed by atoms with Gasteiger partial charge in [-0.1, -0.05) is 48.0 Å². The summed E-state index contributed by atoms with van der Waals surface area (Å²) in [6, 6.07) is 15.2. The normalized spacial score (nSPS) is 19.2. The number of amides is 2. The number of hydrogen-bond donors (Lipinski definition) is 3. The molecule has 0 aliphatic carbocycles. The maximum atomic E-state index is 13.2. The molecule has 3 N–H and O–H groups in total. The third-order valence-corrected chi connectivity index (χ3v) is 5.34. The lowest BCUT2D eigenvalue weighted by Gasteiger charge is -2.24. The van der Waals surface area contributed by atoms with Crippen molar-refractivity contribution in [2.45, 2.75) is 25.9 Å². The molecule has 1 saturated heterocycles. The van der Waals surface area contributed by atoms with Gasteiger partial charge in [-0.25, -0.2) is 0 Å². The maximum Gasteiger partial charge on any atom is 0.272 e. The molecule has 3 aromatic rings. The first-order chi connectivity index (χ1) is 13.4. The van der Waals surface area contributed by atoms with E-state index in [0.29, 0.717) is 24.3 Å². The van der Waals surface area contributed by atoms with Crippen molar-refractivity contribution in [2.24, 2.45) is 0 Å². The van der Waals surface area contributed by atoms with Gasteiger partial charge in [0.1, 0.15) is 11.3 Å². The lowest BCUT2D eigenvalue weighted by atomic mass is 9.92. The quantitative estimate of drug-likeness (QED) is 0.655. The van der Waals surface area contributed by atoms with E-state index in [1.807, 2.05) is 55.5 Å². The Hall–Kier alpha value is -3.12. The number of nitrogens with one attached hydrogen (secondary N) is 2. The Bertz CT molecular complexity index is 1050. The van der Waals surface area contributed by atoms with Crippen LogP contribution < -0.4 is 5.32 Å². The second-order valence-electron chi connectivity index (χ2n) is 7.48. The molecule has 0 radical (unpaired) electrons. The Balaban J connectivity index is 1.65. The van der Waals surface area contributed by atoms with Crippen molar-refractivity contribution >= 4 is 28.4 Å². The van der Waals surface area contributed by atoms with Crippen molar-refractivity contribution in [3.8, 4) is 0 Å². The molecular formula is C22H23N3O3. The largest absolute Gasteiger partial charge is 0.383 e. The fourth-order valence-electron chi connectivity index (χ4n) is 3.83. The smallest absolute Gasteiger partial charge is 0.272 e. The number of H-pyrrole nitrogens is 1. The summed E-state index contributed by atoms with van der Waals surface area (Å²) >= 11 is 0. The number of anilines is 1. The van der Waals surface area contributed by atoms with Gasteiger partial charge in [0.25, 0.3) is 5.91 Å². The van der Waals surface area contributed by atoms with Crippen molar-refractivity contribution < 1.29 is 14.7 Å². The molecule has 4 rings (SSSR count). The molecule has 1 fully saturated rings. The van der Waals surface area contributed by atoms with E-state index >= 15 is 0 Å². The van der Waals surface area contributed by atoms with Crippen LogP contribution in [-0.2, 0) is 10.4 Å². The molecule has 6 nitrogen and oxygen atoms in total. The Morgan fingerprint density at radius 2 is 1.86 bits per heavy atom. The zero-order valence-electron chi connectivity index (χ0n) is 16.0. The Morgan fingerprint density at radius 1 is 1.14 bits per heavy atom. The van der Waals surface area contributed by atoms with Crippen LogP contribution in [0.1, 0.15) is 35.0 Å². The van der Waals surface area contributed by atoms with Crippen molar-refractivity contribution in [3.63, 3.8) is 0 Å². The average Bonchev–Trinajstić information content (AvgIpc) is 3.24. The van der Waals surface area contributed by atoms with E-state index in [9.17, 15) is 14.7 Å². The first-order valence-electron chi connectivity index (χ1n) is 9.34. The summed E-state index contributed by atoms with van der Waals surface area (Å²) in [5.41, 5.74) is 2.47. The molecule has 1 aliphatic rings. The van der Waals surface area contributed by atoms with Crippen molar-refractivity contribution in [1.29, 1.82) is 0 Å². The van der Waals surface area contributed by atoms with Gasteiger partial charge in [-0.2, -0.15) is 0 Å². The van der Waals surface area contributed by atoms with E-state index < -0.39 is 5.60 Å². The van der Waals surface area contributed by atoms with Gasteiger partial charge < -0.3 is 20.3 Å². The highest BCUT2D eigenvalue weighted by atomic mass is 16.3. The van der Waals surface area contributed by atoms with Gasteiger partial charge in [0.15, 0.2) is 0 Å². The maximum absolute atomic E-state index is 13.2. The highest BCUT2D eigenvalue weighted by molar-refractivity contribution is 6.12. The number of aromatic amines is 1. The number of carbonyl (C=O) groups excluding carboxylic acids is 2. The number of fused-ring (bicyclic) bond motifs is 1. The first kappa shape index (κ1) is 18.3. The van der Waals surface area contributed by atoms with Crippen LogP contribution in [0.5, 0.6) is 0 Å². The zero-order chi connectivity index (χ0) is 19.9. The summed E-state index contributed by atoms with van der Waals surface area (Å²) in [4.78, 5) is 29.7. The number of aliphatic hydroxyl groups is 1. The molecule has 0 saturated carbocycles. The number of rotatable bonds is 3. The molecule has 1 aliphatic heterocycles. The molecule has 1 aromatic heterocycles. The highest BCUT2D eigenvalue weighted by Crippen LogP contribution is 2.35. The molecule has 2 heterocycles. The van der Waals surface area contributed by atoms with Crippen LogP contribution in [0.15, 0.2) is 48.5 Å². The SMILES string of the molecule is CC(=O)Nc1c(C(=O)N2CC[C@](O)(c3ccc(C)cc3)C2)[nH]c2ccccc12. The number of β-amino-alcohol motifs (C(OH)–C–C–N with tert-alkyl or cyclic N) is 1. The molecule has 2 amide bonds. The van der Waals surface area contributed by atoms with Crippen LogP contribution in [0.25, 0.3) is 10.9 Å². The van der Waals surface area contributed by atoms with Crippen molar-refractivity contribution in [2.75, 3.05) is 18.4 Å². The molecule has 28 heavy (non-hydrogen) atoms. The van der Waals surface area contributed by atoms with Crippen LogP contribution in [0, 0.1) is 6.92 Å². The molecule has 0 bridgehead atoms. The molecule has 0 spiro atoms. The fraction of sp³-hybridized carbons (Fsp3) is 0.273. The van der Waals surface area contributed by atoms with Gasteiger partial charge in [-0.3, -0.25) is 9.59 Å². The molecule has 6 heteroatoms. The number of benzene rings is 2. The second-order valence-corrected chi connectivity index (χ2v) is 7.48. The second kappa shape index (κ2) is 6.80. The summed E-state index contributed by atoms with van der Waals surface area (Å²) < 4.78 is 0. The standard InChI is InChI=1S/C22H23N3O3/c1-14-7-9-16(10-8-14)22(28)11-12-25(13-22)21(27)20-19(23-15(2)26)17-5-3-4-6-18(17)24-20/h3-10,24,28H,11-13H2,1-2H3,(H,23,26)/t22-/m1/s1. The molecule has 2 aromatic carbocycles. The zero-order valence-corrected chi connectivity index (χ0v) is 16.0. The molecule has 0 unspecified atom stereocenters. The van der Waals surface area contributed by atoms with Gasteiger partial charge in [-0.15, -0.1) is 0 Å². The van der Waals surface area contributed by atoms with Gasteiger partial charge >= 0.3 is 0 Å². The van der Waals surface area contributed by atoms with Crippen molar-refractivity contribution in [3.05, 3.63) is 65.4 Å². The lowest BCUT2D eigenvalue weighted by Crippen LogP contribution is -2.35. The van der Waals surface area contributed by atoms with Crippen LogP contribution in [0.4, 0.5) is 5.69 Å². The van der Waals surface area contributed by atoms with E-state index in [4.69, 9.17) is 0 Å². The molecule has 1 atom stereocenters.